The molecule has 1 saturated carbocycles. The minimum absolute atomic E-state index is 0.0346. The maximum atomic E-state index is 12.2. The van der Waals surface area contributed by atoms with Crippen LogP contribution < -0.4 is 5.32 Å². The molecule has 30 heavy (non-hydrogen) atoms. The molecule has 1 aliphatic carbocycles. The summed E-state index contributed by atoms with van der Waals surface area (Å²) in [6.45, 7) is 1.99. The molecule has 1 aliphatic rings. The number of carbonyl (C=O) groups excluding carboxylic acids is 1. The smallest absolute Gasteiger partial charge is 0.228 e. The minimum atomic E-state index is 0.0346. The maximum absolute atomic E-state index is 12.2. The molecule has 0 aliphatic heterocycles. The Kier molecular flexibility index (Phi) is 4.59. The highest BCUT2D eigenvalue weighted by Gasteiger charge is 2.30. The maximum Gasteiger partial charge on any atom is 0.228 e. The van der Waals surface area contributed by atoms with Gasteiger partial charge in [0.15, 0.2) is 5.82 Å². The fraction of sp³-hybridized carbons (Fsp3) is 0.182. The lowest BCUT2D eigenvalue weighted by atomic mass is 10.1. The molecule has 150 valence electrons. The van der Waals surface area contributed by atoms with Crippen LogP contribution in [0.1, 0.15) is 18.4 Å². The highest BCUT2D eigenvalue weighted by molar-refractivity contribution is 6.32. The van der Waals surface area contributed by atoms with E-state index < -0.39 is 0 Å². The number of aryl methyl sites for hydroxylation is 1. The highest BCUT2D eigenvalue weighted by Crippen LogP contribution is 2.34. The van der Waals surface area contributed by atoms with Crippen molar-refractivity contribution in [2.24, 2.45) is 5.92 Å². The summed E-state index contributed by atoms with van der Waals surface area (Å²) in [7, 11) is 0. The second kappa shape index (κ2) is 7.42. The molecule has 0 bridgehead atoms. The first kappa shape index (κ1) is 18.6. The van der Waals surface area contributed by atoms with Crippen molar-refractivity contribution in [3.63, 3.8) is 0 Å². The van der Waals surface area contributed by atoms with Gasteiger partial charge in [0, 0.05) is 23.9 Å². The Bertz CT molecular complexity index is 1230. The van der Waals surface area contributed by atoms with Gasteiger partial charge in [0.05, 0.1) is 16.4 Å². The van der Waals surface area contributed by atoms with Gasteiger partial charge in [-0.3, -0.25) is 9.89 Å². The molecule has 0 spiro atoms. The molecule has 0 saturated heterocycles. The SMILES string of the molecule is Cc1cnc(NC(=O)C2CC2)cc1-c1cc(-c2nc[nH]n2)n(-c2ccccc2Cl)c1. The van der Waals surface area contributed by atoms with Crippen LogP contribution in [0.3, 0.4) is 0 Å². The third-order valence-corrected chi connectivity index (χ3v) is 5.51. The van der Waals surface area contributed by atoms with E-state index in [2.05, 4.69) is 25.5 Å². The Morgan fingerprint density at radius 3 is 2.80 bits per heavy atom. The lowest BCUT2D eigenvalue weighted by Crippen LogP contribution is -2.14. The third-order valence-electron chi connectivity index (χ3n) is 5.19. The molecular formula is C22H19ClN6O. The second-order valence-electron chi connectivity index (χ2n) is 7.41. The van der Waals surface area contributed by atoms with Crippen LogP contribution >= 0.6 is 11.6 Å². The van der Waals surface area contributed by atoms with Crippen molar-refractivity contribution in [2.45, 2.75) is 19.8 Å². The summed E-state index contributed by atoms with van der Waals surface area (Å²) >= 11 is 6.47. The van der Waals surface area contributed by atoms with Crippen LogP contribution in [0.15, 0.2) is 55.1 Å². The van der Waals surface area contributed by atoms with Crippen LogP contribution in [0.4, 0.5) is 5.82 Å². The van der Waals surface area contributed by atoms with Crippen LogP contribution in [0.25, 0.3) is 28.3 Å². The number of nitrogens with zero attached hydrogens (tertiary/aromatic N) is 4. The Balaban J connectivity index is 1.61. The zero-order chi connectivity index (χ0) is 20.7. The van der Waals surface area contributed by atoms with Crippen molar-refractivity contribution in [3.05, 3.63) is 65.7 Å². The second-order valence-corrected chi connectivity index (χ2v) is 7.81. The number of halogens is 1. The van der Waals surface area contributed by atoms with Crippen molar-refractivity contribution in [3.8, 4) is 28.3 Å². The normalized spacial score (nSPS) is 13.4. The molecule has 1 amide bonds. The van der Waals surface area contributed by atoms with Crippen LogP contribution in [-0.2, 0) is 4.79 Å². The number of aromatic nitrogens is 5. The fourth-order valence-corrected chi connectivity index (χ4v) is 3.66. The van der Waals surface area contributed by atoms with E-state index in [9.17, 15) is 4.79 Å². The van der Waals surface area contributed by atoms with Crippen LogP contribution in [-0.4, -0.2) is 30.6 Å². The average Bonchev–Trinajstić information content (AvgIpc) is 3.28. The van der Waals surface area contributed by atoms with Gasteiger partial charge in [-0.1, -0.05) is 23.7 Å². The zero-order valence-corrected chi connectivity index (χ0v) is 17.0. The number of nitrogens with one attached hydrogen (secondary N) is 2. The third kappa shape index (κ3) is 3.48. The summed E-state index contributed by atoms with van der Waals surface area (Å²) < 4.78 is 1.98. The number of pyridine rings is 1. The van der Waals surface area contributed by atoms with Crippen molar-refractivity contribution < 1.29 is 4.79 Å². The van der Waals surface area contributed by atoms with Crippen LogP contribution in [0, 0.1) is 12.8 Å². The van der Waals surface area contributed by atoms with Gasteiger partial charge in [-0.25, -0.2) is 9.97 Å². The van der Waals surface area contributed by atoms with Gasteiger partial charge in [0.25, 0.3) is 0 Å². The number of para-hydroxylation sites is 1. The van der Waals surface area contributed by atoms with Crippen molar-refractivity contribution in [1.29, 1.82) is 0 Å². The van der Waals surface area contributed by atoms with Crippen molar-refractivity contribution in [2.75, 3.05) is 5.32 Å². The summed E-state index contributed by atoms with van der Waals surface area (Å²) in [5.74, 6) is 1.27. The van der Waals surface area contributed by atoms with Gasteiger partial charge in [-0.2, -0.15) is 5.10 Å². The standard InChI is InChI=1S/C22H19ClN6O/c1-13-10-24-20(27-22(30)14-6-7-14)9-16(13)15-8-19(21-25-12-26-28-21)29(11-15)18-5-3-2-4-17(18)23/h2-5,8-12,14H,6-7H2,1H3,(H,24,27,30)(H,25,26,28). The topological polar surface area (TPSA) is 88.5 Å². The van der Waals surface area contributed by atoms with Crippen LogP contribution in [0.2, 0.25) is 5.02 Å². The zero-order valence-electron chi connectivity index (χ0n) is 16.3. The predicted molar refractivity (Wildman–Crippen MR) is 115 cm³/mol. The number of anilines is 1. The first-order valence-electron chi connectivity index (χ1n) is 9.71. The van der Waals surface area contributed by atoms with Gasteiger partial charge in [0.1, 0.15) is 12.1 Å². The fourth-order valence-electron chi connectivity index (χ4n) is 3.44. The molecule has 0 atom stereocenters. The van der Waals surface area contributed by atoms with Crippen molar-refractivity contribution >= 4 is 23.3 Å². The van der Waals surface area contributed by atoms with E-state index in [-0.39, 0.29) is 11.8 Å². The van der Waals surface area contributed by atoms with Crippen molar-refractivity contribution in [1.82, 2.24) is 24.7 Å². The molecule has 8 heteroatoms. The van der Waals surface area contributed by atoms with Crippen LogP contribution in [0.5, 0.6) is 0 Å². The number of H-pyrrole nitrogens is 1. The molecule has 0 unspecified atom stereocenters. The number of hydrogen-bond acceptors (Lipinski definition) is 4. The predicted octanol–water partition coefficient (Wildman–Crippen LogP) is 4.63. The highest BCUT2D eigenvalue weighted by atomic mass is 35.5. The van der Waals surface area contributed by atoms with E-state index in [1.54, 1.807) is 12.5 Å². The van der Waals surface area contributed by atoms with Gasteiger partial charge in [-0.15, -0.1) is 0 Å². The molecule has 1 aromatic carbocycles. The van der Waals surface area contributed by atoms with E-state index in [0.717, 1.165) is 40.9 Å². The van der Waals surface area contributed by atoms with E-state index in [4.69, 9.17) is 11.6 Å². The summed E-state index contributed by atoms with van der Waals surface area (Å²) in [5.41, 5.74) is 4.56. The summed E-state index contributed by atoms with van der Waals surface area (Å²) in [5, 5.41) is 10.6. The Labute approximate surface area is 178 Å². The number of carbonyl (C=O) groups is 1. The molecule has 5 rings (SSSR count). The molecule has 0 radical (unpaired) electrons. The number of benzene rings is 1. The Morgan fingerprint density at radius 2 is 2.07 bits per heavy atom. The average molecular weight is 419 g/mol. The molecule has 1 fully saturated rings. The Hall–Kier alpha value is -3.45. The van der Waals surface area contributed by atoms with E-state index in [0.29, 0.717) is 16.7 Å². The Morgan fingerprint density at radius 1 is 1.23 bits per heavy atom. The number of hydrogen-bond donors (Lipinski definition) is 2. The first-order valence-corrected chi connectivity index (χ1v) is 10.1. The number of rotatable bonds is 5. The van der Waals surface area contributed by atoms with E-state index in [1.165, 1.54) is 0 Å². The minimum Gasteiger partial charge on any atom is -0.312 e. The molecular weight excluding hydrogens is 400 g/mol. The molecule has 3 aromatic heterocycles. The number of amides is 1. The first-order chi connectivity index (χ1) is 14.6. The summed E-state index contributed by atoms with van der Waals surface area (Å²) in [4.78, 5) is 20.8. The lowest BCUT2D eigenvalue weighted by Gasteiger charge is -2.09. The van der Waals surface area contributed by atoms with E-state index >= 15 is 0 Å². The lowest BCUT2D eigenvalue weighted by molar-refractivity contribution is -0.117. The summed E-state index contributed by atoms with van der Waals surface area (Å²) in [6.07, 6.45) is 7.22. The largest absolute Gasteiger partial charge is 0.312 e. The van der Waals surface area contributed by atoms with Gasteiger partial charge in [-0.05, 0) is 55.2 Å². The summed E-state index contributed by atoms with van der Waals surface area (Å²) in [6, 6.07) is 11.5. The number of aromatic amines is 1. The van der Waals surface area contributed by atoms with Gasteiger partial charge < -0.3 is 9.88 Å². The quantitative estimate of drug-likeness (QED) is 0.494. The van der Waals surface area contributed by atoms with Gasteiger partial charge >= 0.3 is 0 Å². The molecule has 7 nitrogen and oxygen atoms in total. The monoisotopic (exact) mass is 418 g/mol. The van der Waals surface area contributed by atoms with E-state index in [1.807, 2.05) is 54.1 Å². The van der Waals surface area contributed by atoms with Gasteiger partial charge in [0.2, 0.25) is 5.91 Å². The molecule has 2 N–H and O–H groups in total. The molecule has 3 heterocycles. The molecule has 4 aromatic rings.